The van der Waals surface area contributed by atoms with Crippen molar-refractivity contribution in [3.8, 4) is 0 Å². The van der Waals surface area contributed by atoms with Crippen LogP contribution in [-0.4, -0.2) is 19.1 Å². The molecule has 0 heterocycles. The Kier molecular flexibility index (Phi) is 4.87. The number of anilines is 1. The molecule has 2 N–H and O–H groups in total. The quantitative estimate of drug-likeness (QED) is 0.813. The summed E-state index contributed by atoms with van der Waals surface area (Å²) in [4.78, 5) is 2.61. The highest BCUT2D eigenvalue weighted by molar-refractivity contribution is 5.52. The first-order valence-corrected chi connectivity index (χ1v) is 7.68. The lowest BCUT2D eigenvalue weighted by Gasteiger charge is -2.26. The van der Waals surface area contributed by atoms with Crippen LogP contribution in [0.5, 0.6) is 0 Å². The molecule has 0 radical (unpaired) electrons. The van der Waals surface area contributed by atoms with Crippen LogP contribution >= 0.6 is 0 Å². The first-order chi connectivity index (χ1) is 9.11. The fourth-order valence-corrected chi connectivity index (χ4v) is 2.60. The van der Waals surface area contributed by atoms with Crippen LogP contribution in [0.25, 0.3) is 0 Å². The molecule has 0 bridgehead atoms. The summed E-state index contributed by atoms with van der Waals surface area (Å²) in [5.41, 5.74) is 9.84. The van der Waals surface area contributed by atoms with E-state index in [4.69, 9.17) is 5.73 Å². The van der Waals surface area contributed by atoms with Gasteiger partial charge in [-0.3, -0.25) is 0 Å². The second-order valence-electron chi connectivity index (χ2n) is 6.26. The van der Waals surface area contributed by atoms with Crippen LogP contribution in [-0.2, 0) is 6.42 Å². The maximum absolute atomic E-state index is 5.66. The molecule has 19 heavy (non-hydrogen) atoms. The van der Waals surface area contributed by atoms with Crippen molar-refractivity contribution in [1.29, 1.82) is 0 Å². The van der Waals surface area contributed by atoms with Crippen molar-refractivity contribution in [2.24, 2.45) is 11.7 Å². The van der Waals surface area contributed by atoms with Crippen molar-refractivity contribution in [1.82, 2.24) is 0 Å². The van der Waals surface area contributed by atoms with Crippen molar-refractivity contribution >= 4 is 5.69 Å². The second-order valence-corrected chi connectivity index (χ2v) is 6.26. The van der Waals surface area contributed by atoms with Gasteiger partial charge in [-0.1, -0.05) is 19.9 Å². The summed E-state index contributed by atoms with van der Waals surface area (Å²) in [5.74, 6) is 0.777. The third kappa shape index (κ3) is 3.97. The van der Waals surface area contributed by atoms with E-state index in [9.17, 15) is 0 Å². The van der Waals surface area contributed by atoms with Gasteiger partial charge in [-0.25, -0.2) is 0 Å². The molecule has 0 atom stereocenters. The van der Waals surface area contributed by atoms with Gasteiger partial charge in [0, 0.05) is 18.3 Å². The lowest BCUT2D eigenvalue weighted by atomic mass is 10.0. The van der Waals surface area contributed by atoms with Gasteiger partial charge in [-0.05, 0) is 68.3 Å². The van der Waals surface area contributed by atoms with Crippen LogP contribution in [0.2, 0.25) is 0 Å². The van der Waals surface area contributed by atoms with Crippen LogP contribution in [0.1, 0.15) is 44.2 Å². The largest absolute Gasteiger partial charge is 0.369 e. The molecule has 1 fully saturated rings. The molecule has 0 aromatic heterocycles. The molecule has 1 aliphatic carbocycles. The molecular formula is C17H28N2. The van der Waals surface area contributed by atoms with Gasteiger partial charge in [0.1, 0.15) is 0 Å². The summed E-state index contributed by atoms with van der Waals surface area (Å²) in [6.07, 6.45) is 4.99. The summed E-state index contributed by atoms with van der Waals surface area (Å²) in [6, 6.07) is 7.70. The minimum Gasteiger partial charge on any atom is -0.369 e. The predicted octanol–water partition coefficient (Wildman–Crippen LogP) is 3.51. The van der Waals surface area contributed by atoms with E-state index < -0.39 is 0 Å². The smallest absolute Gasteiger partial charge is 0.0371 e. The molecule has 1 saturated carbocycles. The third-order valence-electron chi connectivity index (χ3n) is 4.01. The minimum atomic E-state index is 0.736. The lowest BCUT2D eigenvalue weighted by Crippen LogP contribution is -2.27. The van der Waals surface area contributed by atoms with E-state index in [0.717, 1.165) is 24.9 Å². The molecule has 1 aromatic carbocycles. The van der Waals surface area contributed by atoms with Crippen LogP contribution in [0, 0.1) is 12.8 Å². The van der Waals surface area contributed by atoms with Crippen LogP contribution in [0.4, 0.5) is 5.69 Å². The molecule has 0 amide bonds. The zero-order chi connectivity index (χ0) is 13.8. The summed E-state index contributed by atoms with van der Waals surface area (Å²) in [6.45, 7) is 8.75. The normalized spacial score (nSPS) is 15.0. The van der Waals surface area contributed by atoms with Crippen molar-refractivity contribution in [2.75, 3.05) is 18.0 Å². The highest BCUT2D eigenvalue weighted by atomic mass is 15.2. The number of aryl methyl sites for hydroxylation is 1. The van der Waals surface area contributed by atoms with Gasteiger partial charge in [0.05, 0.1) is 0 Å². The van der Waals surface area contributed by atoms with Crippen LogP contribution in [0.3, 0.4) is 0 Å². The van der Waals surface area contributed by atoms with Gasteiger partial charge in [-0.15, -0.1) is 0 Å². The Morgan fingerprint density at radius 3 is 2.58 bits per heavy atom. The second kappa shape index (κ2) is 6.42. The standard InChI is InChI=1S/C17H28N2/c1-13(2)9-11-19(16-6-7-16)17-5-4-15(8-10-18)14(3)12-17/h4-5,12-13,16H,6-11,18H2,1-3H3. The summed E-state index contributed by atoms with van der Waals surface area (Å²) in [5, 5.41) is 0. The third-order valence-corrected chi connectivity index (χ3v) is 4.01. The zero-order valence-electron chi connectivity index (χ0n) is 12.7. The molecule has 2 heteroatoms. The summed E-state index contributed by atoms with van der Waals surface area (Å²) in [7, 11) is 0. The van der Waals surface area contributed by atoms with Gasteiger partial charge >= 0.3 is 0 Å². The fraction of sp³-hybridized carbons (Fsp3) is 0.647. The average Bonchev–Trinajstić information content (AvgIpc) is 3.17. The van der Waals surface area contributed by atoms with Crippen molar-refractivity contribution < 1.29 is 0 Å². The highest BCUT2D eigenvalue weighted by Gasteiger charge is 2.29. The molecular weight excluding hydrogens is 232 g/mol. The van der Waals surface area contributed by atoms with Crippen LogP contribution < -0.4 is 10.6 Å². The number of hydrogen-bond acceptors (Lipinski definition) is 2. The van der Waals surface area contributed by atoms with Crippen molar-refractivity contribution in [3.05, 3.63) is 29.3 Å². The Bertz CT molecular complexity index is 408. The van der Waals surface area contributed by atoms with E-state index in [1.54, 1.807) is 0 Å². The maximum Gasteiger partial charge on any atom is 0.0371 e. The van der Waals surface area contributed by atoms with Gasteiger partial charge in [0.15, 0.2) is 0 Å². The van der Waals surface area contributed by atoms with E-state index in [2.05, 4.69) is 43.9 Å². The van der Waals surface area contributed by atoms with E-state index in [1.165, 1.54) is 42.6 Å². The van der Waals surface area contributed by atoms with E-state index in [-0.39, 0.29) is 0 Å². The molecule has 0 spiro atoms. The number of hydrogen-bond donors (Lipinski definition) is 1. The fourth-order valence-electron chi connectivity index (χ4n) is 2.60. The topological polar surface area (TPSA) is 29.3 Å². The maximum atomic E-state index is 5.66. The molecule has 2 rings (SSSR count). The molecule has 1 aliphatic rings. The Labute approximate surface area is 118 Å². The first-order valence-electron chi connectivity index (χ1n) is 7.68. The molecule has 0 aliphatic heterocycles. The van der Waals surface area contributed by atoms with E-state index in [0.29, 0.717) is 0 Å². The number of benzene rings is 1. The van der Waals surface area contributed by atoms with Gasteiger partial charge in [-0.2, -0.15) is 0 Å². The Morgan fingerprint density at radius 2 is 2.05 bits per heavy atom. The van der Waals surface area contributed by atoms with Gasteiger partial charge in [0.2, 0.25) is 0 Å². The monoisotopic (exact) mass is 260 g/mol. The SMILES string of the molecule is Cc1cc(N(CCC(C)C)C2CC2)ccc1CCN. The molecule has 0 unspecified atom stereocenters. The molecule has 1 aromatic rings. The minimum absolute atomic E-state index is 0.736. The van der Waals surface area contributed by atoms with E-state index >= 15 is 0 Å². The van der Waals surface area contributed by atoms with Crippen molar-refractivity contribution in [3.63, 3.8) is 0 Å². The predicted molar refractivity (Wildman–Crippen MR) is 83.8 cm³/mol. The Morgan fingerprint density at radius 1 is 1.32 bits per heavy atom. The molecule has 2 nitrogen and oxygen atoms in total. The molecule has 106 valence electrons. The number of nitrogens with two attached hydrogens (primary N) is 1. The number of rotatable bonds is 7. The zero-order valence-corrected chi connectivity index (χ0v) is 12.7. The number of nitrogens with zero attached hydrogens (tertiary/aromatic N) is 1. The molecule has 0 saturated heterocycles. The lowest BCUT2D eigenvalue weighted by molar-refractivity contribution is 0.570. The van der Waals surface area contributed by atoms with E-state index in [1.807, 2.05) is 0 Å². The first kappa shape index (κ1) is 14.4. The van der Waals surface area contributed by atoms with Crippen molar-refractivity contribution in [2.45, 2.75) is 52.5 Å². The van der Waals surface area contributed by atoms with Gasteiger partial charge in [0.25, 0.3) is 0 Å². The Hall–Kier alpha value is -1.02. The summed E-state index contributed by atoms with van der Waals surface area (Å²) >= 11 is 0. The Balaban J connectivity index is 2.10. The van der Waals surface area contributed by atoms with Crippen LogP contribution in [0.15, 0.2) is 18.2 Å². The summed E-state index contributed by atoms with van der Waals surface area (Å²) < 4.78 is 0. The van der Waals surface area contributed by atoms with Gasteiger partial charge < -0.3 is 10.6 Å². The average molecular weight is 260 g/mol. The highest BCUT2D eigenvalue weighted by Crippen LogP contribution is 2.33.